The first kappa shape index (κ1) is 21.6. The van der Waals surface area contributed by atoms with Crippen LogP contribution in [0.2, 0.25) is 0 Å². The summed E-state index contributed by atoms with van der Waals surface area (Å²) in [4.78, 5) is 32.2. The second-order valence-electron chi connectivity index (χ2n) is 10.4. The van der Waals surface area contributed by atoms with Crippen LogP contribution < -0.4 is 5.56 Å². The first-order valence-electron chi connectivity index (χ1n) is 12.5. The van der Waals surface area contributed by atoms with Crippen molar-refractivity contribution < 1.29 is 4.79 Å². The van der Waals surface area contributed by atoms with E-state index < -0.39 is 0 Å². The van der Waals surface area contributed by atoms with Gasteiger partial charge in [0, 0.05) is 80.6 Å². The molecule has 2 bridgehead atoms. The van der Waals surface area contributed by atoms with Crippen molar-refractivity contribution in [3.05, 3.63) is 70.3 Å². The fraction of sp³-hybridized carbons (Fsp3) is 0.481. The van der Waals surface area contributed by atoms with Crippen LogP contribution in [0.1, 0.15) is 23.6 Å². The molecule has 3 aliphatic rings. The van der Waals surface area contributed by atoms with E-state index in [-0.39, 0.29) is 11.5 Å². The molecule has 0 aliphatic carbocycles. The van der Waals surface area contributed by atoms with E-state index in [1.807, 2.05) is 15.5 Å². The third-order valence-electron chi connectivity index (χ3n) is 7.98. The maximum Gasteiger partial charge on any atom is 0.250 e. The van der Waals surface area contributed by atoms with Crippen LogP contribution in [0, 0.1) is 5.92 Å². The van der Waals surface area contributed by atoms with Crippen LogP contribution in [0.15, 0.2) is 53.5 Å². The molecule has 0 radical (unpaired) electrons. The molecule has 2 unspecified atom stereocenters. The van der Waals surface area contributed by atoms with Crippen LogP contribution >= 0.6 is 0 Å². The number of rotatable bonds is 4. The third-order valence-corrected chi connectivity index (χ3v) is 7.98. The van der Waals surface area contributed by atoms with Crippen LogP contribution in [0.25, 0.3) is 10.9 Å². The van der Waals surface area contributed by atoms with Crippen molar-refractivity contribution in [2.24, 2.45) is 5.92 Å². The molecule has 7 heteroatoms. The lowest BCUT2D eigenvalue weighted by Crippen LogP contribution is -2.47. The average molecular weight is 460 g/mol. The van der Waals surface area contributed by atoms with Crippen molar-refractivity contribution in [1.82, 2.24) is 23.8 Å². The topological polar surface area (TPSA) is 53.7 Å². The van der Waals surface area contributed by atoms with Crippen molar-refractivity contribution >= 4 is 16.8 Å². The molecule has 2 saturated heterocycles. The summed E-state index contributed by atoms with van der Waals surface area (Å²) in [7, 11) is 2.11. The zero-order chi connectivity index (χ0) is 23.2. The number of fused-ring (bicyclic) bond motifs is 5. The monoisotopic (exact) mass is 459 g/mol. The fourth-order valence-corrected chi connectivity index (χ4v) is 6.24. The van der Waals surface area contributed by atoms with Gasteiger partial charge in [-0.2, -0.15) is 0 Å². The first-order valence-corrected chi connectivity index (χ1v) is 12.5. The number of hydrogen-bond acceptors (Lipinski definition) is 4. The molecule has 3 aromatic rings. The normalized spacial score (nSPS) is 23.3. The number of piperidine rings is 1. The van der Waals surface area contributed by atoms with Crippen molar-refractivity contribution in [3.8, 4) is 0 Å². The smallest absolute Gasteiger partial charge is 0.250 e. The molecule has 1 aromatic carbocycles. The highest BCUT2D eigenvalue weighted by molar-refractivity contribution is 5.89. The highest BCUT2D eigenvalue weighted by atomic mass is 16.2. The lowest BCUT2D eigenvalue weighted by molar-refractivity contribution is -0.132. The lowest BCUT2D eigenvalue weighted by atomic mass is 9.83. The number of nitrogens with zero attached hydrogens (tertiary/aromatic N) is 5. The minimum Gasteiger partial charge on any atom is -0.340 e. The molecule has 0 spiro atoms. The molecule has 178 valence electrons. The van der Waals surface area contributed by atoms with Crippen molar-refractivity contribution in [3.63, 3.8) is 0 Å². The Morgan fingerprint density at radius 1 is 0.971 bits per heavy atom. The molecule has 2 aromatic heterocycles. The van der Waals surface area contributed by atoms with Gasteiger partial charge in [-0.1, -0.05) is 24.3 Å². The Bertz CT molecular complexity index is 1270. The second-order valence-corrected chi connectivity index (χ2v) is 10.4. The minimum atomic E-state index is 0.131. The number of amides is 1. The van der Waals surface area contributed by atoms with Gasteiger partial charge < -0.3 is 18.9 Å². The number of benzene rings is 1. The molecule has 6 rings (SSSR count). The molecule has 2 atom stereocenters. The van der Waals surface area contributed by atoms with Gasteiger partial charge in [-0.25, -0.2) is 0 Å². The Kier molecular flexibility index (Phi) is 5.54. The Morgan fingerprint density at radius 2 is 1.79 bits per heavy atom. The molecule has 0 saturated carbocycles. The number of likely N-dealkylation sites (tertiary alicyclic amines) is 1. The number of aromatic nitrogens is 2. The quantitative estimate of drug-likeness (QED) is 0.600. The lowest BCUT2D eigenvalue weighted by Gasteiger charge is -2.42. The number of hydrogen-bond donors (Lipinski definition) is 0. The van der Waals surface area contributed by atoms with Crippen molar-refractivity contribution in [2.45, 2.75) is 32.0 Å². The number of carbonyl (C=O) groups excluding carboxylic acids is 1. The number of pyridine rings is 1. The predicted molar refractivity (Wildman–Crippen MR) is 133 cm³/mol. The highest BCUT2D eigenvalue weighted by Crippen LogP contribution is 2.35. The van der Waals surface area contributed by atoms with Crippen molar-refractivity contribution in [2.75, 3.05) is 46.3 Å². The summed E-state index contributed by atoms with van der Waals surface area (Å²) in [5, 5.41) is 1.18. The molecule has 5 heterocycles. The molecular formula is C27H33N5O2. The number of piperazine rings is 1. The van der Waals surface area contributed by atoms with E-state index in [9.17, 15) is 9.59 Å². The molecule has 2 fully saturated rings. The standard InChI is InChI=1S/C27H33N5O2/c1-28-9-11-30(12-10-28)27(34)14-21-18-31(25-6-3-2-5-23(21)25)19-29-15-20-13-22(17-29)24-7-4-8-26(33)32(24)16-20/h2-8,18,20,22H,9-17,19H2,1H3. The number of likely N-dealkylation sites (N-methyl/N-ethyl adjacent to an activating group) is 1. The van der Waals surface area contributed by atoms with Crippen LogP contribution in [0.3, 0.4) is 0 Å². The Morgan fingerprint density at radius 3 is 2.65 bits per heavy atom. The van der Waals surface area contributed by atoms with E-state index in [2.05, 4.69) is 57.9 Å². The van der Waals surface area contributed by atoms with Crippen LogP contribution in [-0.4, -0.2) is 76.1 Å². The Labute approximate surface area is 200 Å². The summed E-state index contributed by atoms with van der Waals surface area (Å²) >= 11 is 0. The maximum atomic E-state index is 13.1. The molecule has 34 heavy (non-hydrogen) atoms. The van der Waals surface area contributed by atoms with Gasteiger partial charge in [0.25, 0.3) is 5.56 Å². The largest absolute Gasteiger partial charge is 0.340 e. The Balaban J connectivity index is 1.22. The molecule has 3 aliphatic heterocycles. The maximum absolute atomic E-state index is 13.1. The van der Waals surface area contributed by atoms with Gasteiger partial charge in [0.1, 0.15) is 0 Å². The van der Waals surface area contributed by atoms with Gasteiger partial charge >= 0.3 is 0 Å². The first-order chi connectivity index (χ1) is 16.5. The minimum absolute atomic E-state index is 0.131. The molecule has 7 nitrogen and oxygen atoms in total. The fourth-order valence-electron chi connectivity index (χ4n) is 6.24. The van der Waals surface area contributed by atoms with Gasteiger partial charge in [0.05, 0.1) is 13.1 Å². The summed E-state index contributed by atoms with van der Waals surface area (Å²) in [6, 6.07) is 14.2. The summed E-state index contributed by atoms with van der Waals surface area (Å²) in [5.74, 6) is 1.14. The highest BCUT2D eigenvalue weighted by Gasteiger charge is 2.34. The SMILES string of the molecule is CN1CCN(C(=O)Cc2cn(CN3CC4CC(C3)c3cccc(=O)n3C4)c3ccccc23)CC1. The number of para-hydroxylation sites is 1. The summed E-state index contributed by atoms with van der Waals surface area (Å²) in [5.41, 5.74) is 3.63. The van der Waals surface area contributed by atoms with E-state index in [0.29, 0.717) is 18.3 Å². The zero-order valence-corrected chi connectivity index (χ0v) is 19.9. The van der Waals surface area contributed by atoms with Gasteiger partial charge in [0.2, 0.25) is 5.91 Å². The molecule has 0 N–H and O–H groups in total. The van der Waals surface area contributed by atoms with Gasteiger partial charge in [0.15, 0.2) is 0 Å². The van der Waals surface area contributed by atoms with Gasteiger partial charge in [-0.15, -0.1) is 0 Å². The van der Waals surface area contributed by atoms with E-state index in [1.165, 1.54) is 16.6 Å². The van der Waals surface area contributed by atoms with Gasteiger partial charge in [-0.05, 0) is 37.1 Å². The predicted octanol–water partition coefficient (Wildman–Crippen LogP) is 2.20. The molecule has 1 amide bonds. The summed E-state index contributed by atoms with van der Waals surface area (Å²) in [6.45, 7) is 7.11. The second kappa shape index (κ2) is 8.71. The zero-order valence-electron chi connectivity index (χ0n) is 19.9. The van der Waals surface area contributed by atoms with Crippen LogP contribution in [-0.2, 0) is 24.4 Å². The van der Waals surface area contributed by atoms with Crippen LogP contribution in [0.4, 0.5) is 0 Å². The number of carbonyl (C=O) groups is 1. The molecular weight excluding hydrogens is 426 g/mol. The van der Waals surface area contributed by atoms with E-state index in [0.717, 1.165) is 64.5 Å². The van der Waals surface area contributed by atoms with Crippen LogP contribution in [0.5, 0.6) is 0 Å². The summed E-state index contributed by atoms with van der Waals surface area (Å²) < 4.78 is 4.31. The van der Waals surface area contributed by atoms with Gasteiger partial charge in [-0.3, -0.25) is 14.5 Å². The van der Waals surface area contributed by atoms with Crippen molar-refractivity contribution in [1.29, 1.82) is 0 Å². The van der Waals surface area contributed by atoms with E-state index in [4.69, 9.17) is 0 Å². The average Bonchev–Trinajstić information content (AvgIpc) is 3.17. The summed E-state index contributed by atoms with van der Waals surface area (Å²) in [6.07, 6.45) is 3.82. The third kappa shape index (κ3) is 3.97. The van der Waals surface area contributed by atoms with E-state index >= 15 is 0 Å². The van der Waals surface area contributed by atoms with E-state index in [1.54, 1.807) is 6.07 Å². The Hall–Kier alpha value is -2.90.